The number of ether oxygens (including phenoxy) is 2. The Morgan fingerprint density at radius 3 is 2.50 bits per heavy atom. The third-order valence-electron chi connectivity index (χ3n) is 4.12. The van der Waals surface area contributed by atoms with Gasteiger partial charge in [-0.1, -0.05) is 12.1 Å². The zero-order chi connectivity index (χ0) is 15.7. The molecule has 0 saturated heterocycles. The van der Waals surface area contributed by atoms with E-state index < -0.39 is 0 Å². The van der Waals surface area contributed by atoms with Crippen molar-refractivity contribution >= 4 is 11.4 Å². The average molecular weight is 300 g/mol. The lowest BCUT2D eigenvalue weighted by molar-refractivity contribution is 0.280. The lowest BCUT2D eigenvalue weighted by Crippen LogP contribution is -2.17. The quantitative estimate of drug-likeness (QED) is 0.848. The molecule has 0 unspecified atom stereocenters. The second-order valence-corrected chi connectivity index (χ2v) is 5.33. The van der Waals surface area contributed by atoms with Crippen LogP contribution in [0.3, 0.4) is 0 Å². The smallest absolute Gasteiger partial charge is 0.162 e. The summed E-state index contributed by atoms with van der Waals surface area (Å²) in [7, 11) is 3.20. The molecule has 0 radical (unpaired) electrons. The third kappa shape index (κ3) is 2.33. The Kier molecular flexibility index (Phi) is 3.81. The fourth-order valence-electron chi connectivity index (χ4n) is 2.95. The lowest BCUT2D eigenvalue weighted by Gasteiger charge is -2.23. The van der Waals surface area contributed by atoms with Crippen LogP contribution in [0.15, 0.2) is 30.3 Å². The van der Waals surface area contributed by atoms with Crippen molar-refractivity contribution in [3.63, 3.8) is 0 Å². The van der Waals surface area contributed by atoms with Crippen LogP contribution in [0.2, 0.25) is 0 Å². The number of nitrogens with two attached hydrogens (primary N) is 1. The van der Waals surface area contributed by atoms with Crippen LogP contribution < -0.4 is 20.1 Å². The van der Waals surface area contributed by atoms with Crippen molar-refractivity contribution in [2.24, 2.45) is 0 Å². The minimum atomic E-state index is -0.0575. The summed E-state index contributed by atoms with van der Waals surface area (Å²) in [5, 5.41) is 9.69. The number of hydrogen-bond acceptors (Lipinski definition) is 5. The van der Waals surface area contributed by atoms with Gasteiger partial charge in [-0.2, -0.15) is 0 Å². The van der Waals surface area contributed by atoms with Gasteiger partial charge in [0.15, 0.2) is 11.5 Å². The van der Waals surface area contributed by atoms with Crippen molar-refractivity contribution in [1.29, 1.82) is 0 Å². The fraction of sp³-hybridized carbons (Fsp3) is 0.294. The monoisotopic (exact) mass is 300 g/mol. The first-order chi connectivity index (χ1) is 10.7. The van der Waals surface area contributed by atoms with Crippen molar-refractivity contribution < 1.29 is 14.6 Å². The highest BCUT2D eigenvalue weighted by Gasteiger charge is 2.24. The molecule has 1 aliphatic heterocycles. The number of nitrogens with zero attached hydrogens (tertiary/aromatic N) is 1. The maximum atomic E-state index is 9.69. The predicted octanol–water partition coefficient (Wildman–Crippen LogP) is 2.30. The van der Waals surface area contributed by atoms with Crippen LogP contribution in [0.5, 0.6) is 11.5 Å². The Labute approximate surface area is 129 Å². The van der Waals surface area contributed by atoms with Gasteiger partial charge in [0.25, 0.3) is 0 Å². The molecule has 3 N–H and O–H groups in total. The van der Waals surface area contributed by atoms with Gasteiger partial charge in [-0.3, -0.25) is 0 Å². The van der Waals surface area contributed by atoms with Crippen molar-refractivity contribution in [3.05, 3.63) is 47.0 Å². The number of fused-ring (bicyclic) bond motifs is 1. The molecule has 2 aromatic carbocycles. The van der Waals surface area contributed by atoms with E-state index in [1.807, 2.05) is 24.3 Å². The summed E-state index contributed by atoms with van der Waals surface area (Å²) in [4.78, 5) is 2.19. The van der Waals surface area contributed by atoms with E-state index in [-0.39, 0.29) is 6.61 Å². The molecule has 1 aliphatic rings. The summed E-state index contributed by atoms with van der Waals surface area (Å²) in [5.74, 6) is 1.27. The standard InChI is InChI=1S/C17H20N2O3/c1-21-16-6-12(10-20)15(7-17(16)22-2)19-8-11-4-3-5-14(18)13(11)9-19/h3-7,20H,8-10,18H2,1-2H3. The van der Waals surface area contributed by atoms with E-state index in [9.17, 15) is 5.11 Å². The Bertz CT molecular complexity index is 701. The molecular formula is C17H20N2O3. The largest absolute Gasteiger partial charge is 0.493 e. The molecule has 0 bridgehead atoms. The van der Waals surface area contributed by atoms with Crippen LogP contribution in [0, 0.1) is 0 Å². The number of hydrogen-bond donors (Lipinski definition) is 2. The number of aliphatic hydroxyl groups excluding tert-OH is 1. The molecule has 0 amide bonds. The second kappa shape index (κ2) is 5.77. The number of nitrogen functional groups attached to an aromatic ring is 1. The maximum Gasteiger partial charge on any atom is 0.162 e. The molecular weight excluding hydrogens is 280 g/mol. The van der Waals surface area contributed by atoms with Gasteiger partial charge in [0.05, 0.1) is 20.8 Å². The Morgan fingerprint density at radius 1 is 1.14 bits per heavy atom. The van der Waals surface area contributed by atoms with Crippen molar-refractivity contribution in [1.82, 2.24) is 0 Å². The first-order valence-electron chi connectivity index (χ1n) is 7.15. The molecule has 1 heterocycles. The van der Waals surface area contributed by atoms with Gasteiger partial charge < -0.3 is 25.2 Å². The van der Waals surface area contributed by atoms with Crippen LogP contribution in [-0.4, -0.2) is 19.3 Å². The van der Waals surface area contributed by atoms with E-state index in [0.717, 1.165) is 35.6 Å². The summed E-state index contributed by atoms with van der Waals surface area (Å²) >= 11 is 0. The van der Waals surface area contributed by atoms with E-state index in [1.54, 1.807) is 14.2 Å². The van der Waals surface area contributed by atoms with Crippen molar-refractivity contribution in [3.8, 4) is 11.5 Å². The Morgan fingerprint density at radius 2 is 1.86 bits per heavy atom. The third-order valence-corrected chi connectivity index (χ3v) is 4.12. The maximum absolute atomic E-state index is 9.69. The van der Waals surface area contributed by atoms with Gasteiger partial charge >= 0.3 is 0 Å². The van der Waals surface area contributed by atoms with Crippen LogP contribution in [0.25, 0.3) is 0 Å². The number of methoxy groups -OCH3 is 2. The highest BCUT2D eigenvalue weighted by molar-refractivity contribution is 5.66. The Hall–Kier alpha value is -2.40. The molecule has 116 valence electrons. The number of benzene rings is 2. The lowest BCUT2D eigenvalue weighted by atomic mass is 10.1. The first-order valence-corrected chi connectivity index (χ1v) is 7.15. The molecule has 0 aromatic heterocycles. The first kappa shape index (κ1) is 14.5. The zero-order valence-electron chi connectivity index (χ0n) is 12.8. The van der Waals surface area contributed by atoms with Crippen molar-refractivity contribution in [2.75, 3.05) is 24.9 Å². The minimum Gasteiger partial charge on any atom is -0.493 e. The summed E-state index contributed by atoms with van der Waals surface area (Å²) < 4.78 is 10.7. The fourth-order valence-corrected chi connectivity index (χ4v) is 2.95. The van der Waals surface area contributed by atoms with Gasteiger partial charge in [0.2, 0.25) is 0 Å². The van der Waals surface area contributed by atoms with Gasteiger partial charge in [-0.05, 0) is 23.3 Å². The highest BCUT2D eigenvalue weighted by atomic mass is 16.5. The predicted molar refractivity (Wildman–Crippen MR) is 86.2 cm³/mol. The zero-order valence-corrected chi connectivity index (χ0v) is 12.8. The topological polar surface area (TPSA) is 68.0 Å². The summed E-state index contributed by atoms with van der Waals surface area (Å²) in [6, 6.07) is 9.71. The molecule has 0 spiro atoms. The van der Waals surface area contributed by atoms with E-state index in [2.05, 4.69) is 11.0 Å². The highest BCUT2D eigenvalue weighted by Crippen LogP contribution is 2.39. The minimum absolute atomic E-state index is 0.0575. The van der Waals surface area contributed by atoms with Crippen LogP contribution >= 0.6 is 0 Å². The van der Waals surface area contributed by atoms with Gasteiger partial charge in [0.1, 0.15) is 0 Å². The normalized spacial score (nSPS) is 13.1. The molecule has 0 atom stereocenters. The van der Waals surface area contributed by atoms with Crippen molar-refractivity contribution in [2.45, 2.75) is 19.7 Å². The molecule has 0 saturated carbocycles. The average Bonchev–Trinajstić information content (AvgIpc) is 2.98. The molecule has 0 fully saturated rings. The van der Waals surface area contributed by atoms with Crippen LogP contribution in [0.1, 0.15) is 16.7 Å². The Balaban J connectivity index is 2.01. The van der Waals surface area contributed by atoms with Crippen LogP contribution in [-0.2, 0) is 19.7 Å². The van der Waals surface area contributed by atoms with E-state index in [0.29, 0.717) is 11.5 Å². The number of rotatable bonds is 4. The summed E-state index contributed by atoms with van der Waals surface area (Å²) in [5.41, 5.74) is 11.0. The number of aliphatic hydroxyl groups is 1. The number of anilines is 2. The summed E-state index contributed by atoms with van der Waals surface area (Å²) in [6.07, 6.45) is 0. The molecule has 0 aliphatic carbocycles. The van der Waals surface area contributed by atoms with E-state index >= 15 is 0 Å². The van der Waals surface area contributed by atoms with E-state index in [4.69, 9.17) is 15.2 Å². The molecule has 5 heteroatoms. The second-order valence-electron chi connectivity index (χ2n) is 5.33. The van der Waals surface area contributed by atoms with Gasteiger partial charge in [-0.15, -0.1) is 0 Å². The van der Waals surface area contributed by atoms with Gasteiger partial charge in [-0.25, -0.2) is 0 Å². The summed E-state index contributed by atoms with van der Waals surface area (Å²) in [6.45, 7) is 1.44. The van der Waals surface area contributed by atoms with Gasteiger partial charge in [0, 0.05) is 36.1 Å². The SMILES string of the molecule is COc1cc(CO)c(N2Cc3cccc(N)c3C2)cc1OC. The van der Waals surface area contributed by atoms with E-state index in [1.165, 1.54) is 5.56 Å². The molecule has 2 aromatic rings. The molecule has 22 heavy (non-hydrogen) atoms. The molecule has 5 nitrogen and oxygen atoms in total. The van der Waals surface area contributed by atoms with Crippen LogP contribution in [0.4, 0.5) is 11.4 Å². The molecule has 3 rings (SSSR count).